The van der Waals surface area contributed by atoms with E-state index < -0.39 is 5.97 Å². The third-order valence-corrected chi connectivity index (χ3v) is 3.90. The van der Waals surface area contributed by atoms with E-state index in [1.165, 1.54) is 16.7 Å². The normalized spacial score (nSPS) is 24.4. The van der Waals surface area contributed by atoms with Crippen LogP contribution in [0.1, 0.15) is 23.6 Å². The summed E-state index contributed by atoms with van der Waals surface area (Å²) < 4.78 is 0. The maximum absolute atomic E-state index is 11.1. The van der Waals surface area contributed by atoms with Gasteiger partial charge in [0.05, 0.1) is 5.92 Å². The van der Waals surface area contributed by atoms with E-state index in [9.17, 15) is 4.79 Å². The van der Waals surface area contributed by atoms with Crippen molar-refractivity contribution in [3.63, 3.8) is 0 Å². The lowest BCUT2D eigenvalue weighted by Gasteiger charge is -2.17. The van der Waals surface area contributed by atoms with E-state index in [1.807, 2.05) is 6.92 Å². The molecule has 0 spiro atoms. The van der Waals surface area contributed by atoms with Gasteiger partial charge in [0.25, 0.3) is 0 Å². The van der Waals surface area contributed by atoms with Crippen molar-refractivity contribution in [1.29, 1.82) is 0 Å². The highest BCUT2D eigenvalue weighted by Crippen LogP contribution is 2.25. The van der Waals surface area contributed by atoms with E-state index in [4.69, 9.17) is 5.11 Å². The Kier molecular flexibility index (Phi) is 3.71. The molecular formula is C15H21NO2. The molecule has 1 aliphatic rings. The number of benzene rings is 1. The van der Waals surface area contributed by atoms with Crippen LogP contribution in [0.5, 0.6) is 0 Å². The number of aryl methyl sites for hydroxylation is 2. The highest BCUT2D eigenvalue weighted by atomic mass is 16.4. The first kappa shape index (κ1) is 13.1. The molecule has 2 rings (SSSR count). The lowest BCUT2D eigenvalue weighted by Crippen LogP contribution is -2.23. The molecule has 1 aliphatic heterocycles. The fourth-order valence-corrected chi connectivity index (χ4v) is 2.78. The van der Waals surface area contributed by atoms with E-state index >= 15 is 0 Å². The summed E-state index contributed by atoms with van der Waals surface area (Å²) in [6.07, 6.45) is 0. The summed E-state index contributed by atoms with van der Waals surface area (Å²) >= 11 is 0. The summed E-state index contributed by atoms with van der Waals surface area (Å²) in [4.78, 5) is 13.3. The Bertz CT molecular complexity index is 456. The predicted molar refractivity (Wildman–Crippen MR) is 71.5 cm³/mol. The number of rotatable bonds is 3. The van der Waals surface area contributed by atoms with Crippen LogP contribution >= 0.6 is 0 Å². The van der Waals surface area contributed by atoms with Gasteiger partial charge in [0, 0.05) is 19.6 Å². The van der Waals surface area contributed by atoms with Crippen molar-refractivity contribution in [3.05, 3.63) is 34.9 Å². The molecule has 0 aliphatic carbocycles. The van der Waals surface area contributed by atoms with Gasteiger partial charge >= 0.3 is 5.97 Å². The Morgan fingerprint density at radius 2 is 2.11 bits per heavy atom. The molecule has 0 saturated carbocycles. The second kappa shape index (κ2) is 5.11. The Morgan fingerprint density at radius 1 is 1.39 bits per heavy atom. The minimum Gasteiger partial charge on any atom is -0.481 e. The van der Waals surface area contributed by atoms with E-state index in [0.29, 0.717) is 6.54 Å². The van der Waals surface area contributed by atoms with Crippen molar-refractivity contribution >= 4 is 5.97 Å². The Balaban J connectivity index is 2.05. The second-order valence-electron chi connectivity index (χ2n) is 5.55. The number of likely N-dealkylation sites (tertiary alicyclic amines) is 1. The fourth-order valence-electron chi connectivity index (χ4n) is 2.78. The lowest BCUT2D eigenvalue weighted by atomic mass is 9.99. The molecule has 1 N–H and O–H groups in total. The largest absolute Gasteiger partial charge is 0.481 e. The minimum absolute atomic E-state index is 0.212. The van der Waals surface area contributed by atoms with Crippen molar-refractivity contribution < 1.29 is 9.90 Å². The molecule has 0 amide bonds. The first-order chi connectivity index (χ1) is 8.47. The number of carboxylic acid groups (broad SMARTS) is 1. The minimum atomic E-state index is -0.661. The maximum Gasteiger partial charge on any atom is 0.308 e. The molecule has 0 aromatic heterocycles. The molecule has 98 valence electrons. The van der Waals surface area contributed by atoms with Gasteiger partial charge in [0.1, 0.15) is 0 Å². The van der Waals surface area contributed by atoms with Gasteiger partial charge in [0.2, 0.25) is 0 Å². The first-order valence-corrected chi connectivity index (χ1v) is 6.48. The number of aliphatic carboxylic acids is 1. The molecule has 1 fully saturated rings. The number of hydrogen-bond donors (Lipinski definition) is 1. The zero-order valence-corrected chi connectivity index (χ0v) is 11.3. The number of carboxylic acids is 1. The summed E-state index contributed by atoms with van der Waals surface area (Å²) in [5.74, 6) is -0.630. The molecule has 0 unspecified atom stereocenters. The molecule has 18 heavy (non-hydrogen) atoms. The zero-order valence-electron chi connectivity index (χ0n) is 11.3. The van der Waals surface area contributed by atoms with Crippen LogP contribution in [0.25, 0.3) is 0 Å². The summed E-state index contributed by atoms with van der Waals surface area (Å²) in [6, 6.07) is 6.46. The number of nitrogens with zero attached hydrogens (tertiary/aromatic N) is 1. The van der Waals surface area contributed by atoms with Crippen LogP contribution in [0.3, 0.4) is 0 Å². The summed E-state index contributed by atoms with van der Waals surface area (Å²) in [5.41, 5.74) is 3.87. The Hall–Kier alpha value is -1.35. The van der Waals surface area contributed by atoms with Crippen molar-refractivity contribution in [2.75, 3.05) is 13.1 Å². The van der Waals surface area contributed by atoms with Gasteiger partial charge in [0.15, 0.2) is 0 Å². The molecule has 3 heteroatoms. The average Bonchev–Trinajstić information content (AvgIpc) is 2.64. The maximum atomic E-state index is 11.1. The topological polar surface area (TPSA) is 40.5 Å². The zero-order chi connectivity index (χ0) is 13.3. The standard InChI is InChI=1S/C15H21NO2/c1-10-4-5-13(11(2)6-10)8-16-7-12(3)14(9-16)15(17)18/h4-6,12,14H,7-9H2,1-3H3,(H,17,18)/t12-,14-/m1/s1. The van der Waals surface area contributed by atoms with Crippen molar-refractivity contribution in [3.8, 4) is 0 Å². The predicted octanol–water partition coefficient (Wildman–Crippen LogP) is 2.46. The summed E-state index contributed by atoms with van der Waals surface area (Å²) in [7, 11) is 0. The Morgan fingerprint density at radius 3 is 2.67 bits per heavy atom. The third-order valence-electron chi connectivity index (χ3n) is 3.90. The van der Waals surface area contributed by atoms with Gasteiger partial charge in [-0.3, -0.25) is 9.69 Å². The van der Waals surface area contributed by atoms with Gasteiger partial charge in [-0.15, -0.1) is 0 Å². The SMILES string of the molecule is Cc1ccc(CN2C[C@@H](C)[C@H](C(=O)O)C2)c(C)c1. The van der Waals surface area contributed by atoms with Crippen LogP contribution in [0, 0.1) is 25.7 Å². The van der Waals surface area contributed by atoms with Gasteiger partial charge in [-0.25, -0.2) is 0 Å². The van der Waals surface area contributed by atoms with Crippen molar-refractivity contribution in [2.45, 2.75) is 27.3 Å². The molecule has 1 heterocycles. The van der Waals surface area contributed by atoms with E-state index in [0.717, 1.165) is 13.1 Å². The Labute approximate surface area is 108 Å². The molecule has 1 aromatic rings. The van der Waals surface area contributed by atoms with Crippen LogP contribution < -0.4 is 0 Å². The quantitative estimate of drug-likeness (QED) is 0.892. The van der Waals surface area contributed by atoms with Gasteiger partial charge < -0.3 is 5.11 Å². The monoisotopic (exact) mass is 247 g/mol. The van der Waals surface area contributed by atoms with Crippen LogP contribution in [-0.2, 0) is 11.3 Å². The molecule has 0 bridgehead atoms. The van der Waals surface area contributed by atoms with Gasteiger partial charge in [-0.2, -0.15) is 0 Å². The molecule has 0 radical (unpaired) electrons. The van der Waals surface area contributed by atoms with Crippen LogP contribution in [0.4, 0.5) is 0 Å². The highest BCUT2D eigenvalue weighted by molar-refractivity contribution is 5.71. The van der Waals surface area contributed by atoms with Gasteiger partial charge in [-0.1, -0.05) is 30.7 Å². The molecule has 3 nitrogen and oxygen atoms in total. The fraction of sp³-hybridized carbons (Fsp3) is 0.533. The molecule has 1 aromatic carbocycles. The smallest absolute Gasteiger partial charge is 0.308 e. The van der Waals surface area contributed by atoms with Crippen LogP contribution in [0.2, 0.25) is 0 Å². The van der Waals surface area contributed by atoms with Crippen molar-refractivity contribution in [1.82, 2.24) is 4.90 Å². The molecule has 1 saturated heterocycles. The van der Waals surface area contributed by atoms with E-state index in [1.54, 1.807) is 0 Å². The third kappa shape index (κ3) is 2.72. The summed E-state index contributed by atoms with van der Waals surface area (Å²) in [5, 5.41) is 9.13. The second-order valence-corrected chi connectivity index (χ2v) is 5.55. The van der Waals surface area contributed by atoms with Gasteiger partial charge in [-0.05, 0) is 30.9 Å². The molecular weight excluding hydrogens is 226 g/mol. The molecule has 2 atom stereocenters. The number of hydrogen-bond acceptors (Lipinski definition) is 2. The first-order valence-electron chi connectivity index (χ1n) is 6.48. The average molecular weight is 247 g/mol. The number of carbonyl (C=O) groups is 1. The van der Waals surface area contributed by atoms with Crippen LogP contribution in [0.15, 0.2) is 18.2 Å². The van der Waals surface area contributed by atoms with Crippen LogP contribution in [-0.4, -0.2) is 29.1 Å². The van der Waals surface area contributed by atoms with E-state index in [2.05, 4.69) is 36.9 Å². The van der Waals surface area contributed by atoms with Crippen molar-refractivity contribution in [2.24, 2.45) is 11.8 Å². The lowest BCUT2D eigenvalue weighted by molar-refractivity contribution is -0.142. The highest BCUT2D eigenvalue weighted by Gasteiger charge is 2.34. The van der Waals surface area contributed by atoms with E-state index in [-0.39, 0.29) is 11.8 Å². The summed E-state index contributed by atoms with van der Waals surface area (Å²) in [6.45, 7) is 8.65.